The standard InChI is InChI=1S/C26H29N3O3S/c1-5-29-21-12-11-18(13-20(21)17(2)15-26(29,3)4)14-22-24(31)28(25(32)33-22)16-23(30)27-19-9-7-6-8-10-19/h6-14,17H,5,15-16H2,1-4H3,(H,27,30)/b22-14-. The van der Waals surface area contributed by atoms with Crippen LogP contribution in [0.2, 0.25) is 0 Å². The number of rotatable bonds is 5. The van der Waals surface area contributed by atoms with E-state index in [-0.39, 0.29) is 12.1 Å². The molecule has 1 N–H and O–H groups in total. The zero-order chi connectivity index (χ0) is 23.8. The van der Waals surface area contributed by atoms with Crippen molar-refractivity contribution in [2.45, 2.75) is 45.6 Å². The maximum absolute atomic E-state index is 12.9. The van der Waals surface area contributed by atoms with E-state index in [0.717, 1.165) is 35.2 Å². The molecule has 0 aliphatic carbocycles. The fourth-order valence-electron chi connectivity index (χ4n) is 4.85. The quantitative estimate of drug-likeness (QED) is 0.595. The Morgan fingerprint density at radius 1 is 1.18 bits per heavy atom. The number of para-hydroxylation sites is 1. The highest BCUT2D eigenvalue weighted by Gasteiger charge is 2.37. The smallest absolute Gasteiger partial charge is 0.294 e. The van der Waals surface area contributed by atoms with Gasteiger partial charge in [0.1, 0.15) is 6.54 Å². The molecule has 1 unspecified atom stereocenters. The molecule has 4 rings (SSSR count). The molecule has 2 aliphatic heterocycles. The van der Waals surface area contributed by atoms with Gasteiger partial charge in [-0.1, -0.05) is 31.2 Å². The lowest BCUT2D eigenvalue weighted by Gasteiger charge is -2.47. The lowest BCUT2D eigenvalue weighted by atomic mass is 9.79. The first-order valence-electron chi connectivity index (χ1n) is 11.2. The summed E-state index contributed by atoms with van der Waals surface area (Å²) in [7, 11) is 0. The number of imide groups is 1. The van der Waals surface area contributed by atoms with Gasteiger partial charge in [-0.3, -0.25) is 19.3 Å². The molecule has 1 saturated heterocycles. The number of benzene rings is 2. The number of fused-ring (bicyclic) bond motifs is 1. The Morgan fingerprint density at radius 2 is 1.91 bits per heavy atom. The highest BCUT2D eigenvalue weighted by Crippen LogP contribution is 2.44. The van der Waals surface area contributed by atoms with E-state index in [1.807, 2.05) is 12.1 Å². The maximum Gasteiger partial charge on any atom is 0.294 e. The van der Waals surface area contributed by atoms with Gasteiger partial charge in [0.05, 0.1) is 4.91 Å². The topological polar surface area (TPSA) is 69.7 Å². The van der Waals surface area contributed by atoms with Crippen molar-refractivity contribution in [2.24, 2.45) is 0 Å². The molecule has 1 fully saturated rings. The second kappa shape index (κ2) is 9.06. The number of nitrogens with one attached hydrogen (secondary N) is 1. The minimum atomic E-state index is -0.435. The highest BCUT2D eigenvalue weighted by molar-refractivity contribution is 8.18. The second-order valence-corrected chi connectivity index (χ2v) is 10.2. The molecular formula is C26H29N3O3S. The van der Waals surface area contributed by atoms with Crippen molar-refractivity contribution in [3.63, 3.8) is 0 Å². The van der Waals surface area contributed by atoms with Crippen molar-refractivity contribution in [3.05, 3.63) is 64.6 Å². The predicted molar refractivity (Wildman–Crippen MR) is 134 cm³/mol. The molecule has 3 amide bonds. The molecule has 2 heterocycles. The fourth-order valence-corrected chi connectivity index (χ4v) is 5.69. The molecule has 7 heteroatoms. The number of amides is 3. The van der Waals surface area contributed by atoms with E-state index >= 15 is 0 Å². The lowest BCUT2D eigenvalue weighted by Crippen LogP contribution is -2.48. The maximum atomic E-state index is 12.9. The summed E-state index contributed by atoms with van der Waals surface area (Å²) in [6.07, 6.45) is 2.80. The first-order valence-corrected chi connectivity index (χ1v) is 12.0. The first kappa shape index (κ1) is 23.1. The molecule has 172 valence electrons. The molecule has 2 aliphatic rings. The Bertz CT molecular complexity index is 1130. The largest absolute Gasteiger partial charge is 0.366 e. The average molecular weight is 464 g/mol. The van der Waals surface area contributed by atoms with E-state index in [1.54, 1.807) is 30.3 Å². The highest BCUT2D eigenvalue weighted by atomic mass is 32.2. The third kappa shape index (κ3) is 4.69. The third-order valence-electron chi connectivity index (χ3n) is 6.26. The van der Waals surface area contributed by atoms with Crippen LogP contribution in [0.5, 0.6) is 0 Å². The summed E-state index contributed by atoms with van der Waals surface area (Å²) in [5.41, 5.74) is 4.08. The number of nitrogens with zero attached hydrogens (tertiary/aromatic N) is 2. The Balaban J connectivity index is 1.52. The zero-order valence-electron chi connectivity index (χ0n) is 19.4. The molecule has 0 spiro atoms. The van der Waals surface area contributed by atoms with Gasteiger partial charge in [-0.25, -0.2) is 0 Å². The van der Waals surface area contributed by atoms with Crippen molar-refractivity contribution in [1.29, 1.82) is 0 Å². The van der Waals surface area contributed by atoms with Gasteiger partial charge in [0.15, 0.2) is 0 Å². The number of carbonyl (C=O) groups excluding carboxylic acids is 3. The SMILES string of the molecule is CCN1c2ccc(/C=C3\SC(=O)N(CC(=O)Nc4ccccc4)C3=O)cc2C(C)CC1(C)C. The van der Waals surface area contributed by atoms with E-state index < -0.39 is 17.1 Å². The molecule has 0 saturated carbocycles. The van der Waals surface area contributed by atoms with Gasteiger partial charge in [-0.15, -0.1) is 0 Å². The summed E-state index contributed by atoms with van der Waals surface area (Å²) >= 11 is 0.876. The van der Waals surface area contributed by atoms with Crippen LogP contribution in [0.1, 0.15) is 51.2 Å². The molecule has 2 aromatic rings. The molecular weight excluding hydrogens is 434 g/mol. The predicted octanol–water partition coefficient (Wildman–Crippen LogP) is 5.47. The van der Waals surface area contributed by atoms with E-state index in [2.05, 4.69) is 50.0 Å². The van der Waals surface area contributed by atoms with E-state index in [1.165, 1.54) is 11.3 Å². The van der Waals surface area contributed by atoms with Crippen LogP contribution < -0.4 is 10.2 Å². The number of hydrogen-bond donors (Lipinski definition) is 1. The van der Waals surface area contributed by atoms with Gasteiger partial charge in [0, 0.05) is 23.5 Å². The van der Waals surface area contributed by atoms with Crippen molar-refractivity contribution in [2.75, 3.05) is 23.3 Å². The van der Waals surface area contributed by atoms with E-state index in [9.17, 15) is 14.4 Å². The summed E-state index contributed by atoms with van der Waals surface area (Å²) in [6.45, 7) is 9.56. The van der Waals surface area contributed by atoms with Crippen LogP contribution in [0, 0.1) is 0 Å². The normalized spacial score (nSPS) is 20.8. The van der Waals surface area contributed by atoms with Crippen LogP contribution in [0.3, 0.4) is 0 Å². The van der Waals surface area contributed by atoms with Crippen LogP contribution >= 0.6 is 11.8 Å². The van der Waals surface area contributed by atoms with Crippen LogP contribution in [0.4, 0.5) is 16.2 Å². The molecule has 2 aromatic carbocycles. The molecule has 0 aromatic heterocycles. The van der Waals surface area contributed by atoms with E-state index in [0.29, 0.717) is 16.5 Å². The first-order chi connectivity index (χ1) is 15.7. The number of thioether (sulfide) groups is 1. The zero-order valence-corrected chi connectivity index (χ0v) is 20.2. The van der Waals surface area contributed by atoms with Gasteiger partial charge in [-0.2, -0.15) is 0 Å². The van der Waals surface area contributed by atoms with Gasteiger partial charge < -0.3 is 10.2 Å². The minimum absolute atomic E-state index is 0.0889. The summed E-state index contributed by atoms with van der Waals surface area (Å²) in [6, 6.07) is 15.2. The number of carbonyl (C=O) groups is 3. The molecule has 0 bridgehead atoms. The summed E-state index contributed by atoms with van der Waals surface area (Å²) in [5, 5.41) is 2.28. The van der Waals surface area contributed by atoms with Crippen molar-refractivity contribution >= 4 is 46.3 Å². The third-order valence-corrected chi connectivity index (χ3v) is 7.16. The Labute approximate surface area is 199 Å². The summed E-state index contributed by atoms with van der Waals surface area (Å²) < 4.78 is 0. The molecule has 6 nitrogen and oxygen atoms in total. The Kier molecular flexibility index (Phi) is 6.34. The van der Waals surface area contributed by atoms with E-state index in [4.69, 9.17) is 0 Å². The minimum Gasteiger partial charge on any atom is -0.366 e. The number of hydrogen-bond acceptors (Lipinski definition) is 5. The summed E-state index contributed by atoms with van der Waals surface area (Å²) in [5.74, 6) is -0.451. The van der Waals surface area contributed by atoms with Gasteiger partial charge in [0.25, 0.3) is 11.1 Å². The van der Waals surface area contributed by atoms with Crippen molar-refractivity contribution in [1.82, 2.24) is 4.90 Å². The van der Waals surface area contributed by atoms with Crippen molar-refractivity contribution in [3.8, 4) is 0 Å². The Hall–Kier alpha value is -3.06. The molecule has 1 atom stereocenters. The van der Waals surface area contributed by atoms with Gasteiger partial charge in [0.2, 0.25) is 5.91 Å². The average Bonchev–Trinajstić information content (AvgIpc) is 3.02. The van der Waals surface area contributed by atoms with Crippen LogP contribution in [-0.2, 0) is 9.59 Å². The van der Waals surface area contributed by atoms with Gasteiger partial charge in [-0.05, 0) is 86.3 Å². The lowest BCUT2D eigenvalue weighted by molar-refractivity contribution is -0.127. The molecule has 0 radical (unpaired) electrons. The van der Waals surface area contributed by atoms with Crippen molar-refractivity contribution < 1.29 is 14.4 Å². The monoisotopic (exact) mass is 463 g/mol. The van der Waals surface area contributed by atoms with Gasteiger partial charge >= 0.3 is 0 Å². The van der Waals surface area contributed by atoms with Crippen LogP contribution in [-0.4, -0.2) is 40.6 Å². The fraction of sp³-hybridized carbons (Fsp3) is 0.346. The van der Waals surface area contributed by atoms with Crippen LogP contribution in [0.25, 0.3) is 6.08 Å². The number of anilines is 2. The molecule has 33 heavy (non-hydrogen) atoms. The van der Waals surface area contributed by atoms with Crippen LogP contribution in [0.15, 0.2) is 53.4 Å². The second-order valence-electron chi connectivity index (χ2n) is 9.16. The summed E-state index contributed by atoms with van der Waals surface area (Å²) in [4.78, 5) is 41.4. The Morgan fingerprint density at radius 3 is 2.61 bits per heavy atom.